The normalized spacial score (nSPS) is 16.8. The SMILES string of the molecule is CSc1ncc(CN2CCc3c([nH]c4ccccc34)C2c2ccccc2F)cn1. The minimum Gasteiger partial charge on any atom is -0.357 e. The molecule has 2 aromatic heterocycles. The number of aromatic amines is 1. The smallest absolute Gasteiger partial charge is 0.187 e. The topological polar surface area (TPSA) is 44.8 Å². The molecule has 3 heterocycles. The van der Waals surface area contributed by atoms with Gasteiger partial charge in [0.05, 0.1) is 6.04 Å². The Bertz CT molecular complexity index is 1160. The number of thioether (sulfide) groups is 1. The Hall–Kier alpha value is -2.70. The first-order valence-corrected chi connectivity index (χ1v) is 10.9. The summed E-state index contributed by atoms with van der Waals surface area (Å²) in [5.41, 5.74) is 5.21. The highest BCUT2D eigenvalue weighted by Crippen LogP contribution is 2.39. The number of fused-ring (bicyclic) bond motifs is 3. The zero-order valence-electron chi connectivity index (χ0n) is 16.1. The fourth-order valence-corrected chi connectivity index (χ4v) is 4.59. The van der Waals surface area contributed by atoms with Gasteiger partial charge in [-0.2, -0.15) is 0 Å². The molecule has 1 aliphatic heterocycles. The monoisotopic (exact) mass is 404 g/mol. The maximum absolute atomic E-state index is 14.9. The molecule has 6 heteroatoms. The molecule has 29 heavy (non-hydrogen) atoms. The van der Waals surface area contributed by atoms with Crippen LogP contribution in [0.3, 0.4) is 0 Å². The van der Waals surface area contributed by atoms with Crippen molar-refractivity contribution >= 4 is 22.7 Å². The number of hydrogen-bond acceptors (Lipinski definition) is 4. The zero-order chi connectivity index (χ0) is 19.8. The number of hydrogen-bond donors (Lipinski definition) is 1. The largest absolute Gasteiger partial charge is 0.357 e. The van der Waals surface area contributed by atoms with Crippen molar-refractivity contribution in [1.82, 2.24) is 19.9 Å². The Balaban J connectivity index is 1.59. The molecule has 0 aliphatic carbocycles. The lowest BCUT2D eigenvalue weighted by Crippen LogP contribution is -2.36. The van der Waals surface area contributed by atoms with E-state index in [9.17, 15) is 4.39 Å². The lowest BCUT2D eigenvalue weighted by molar-refractivity contribution is 0.198. The summed E-state index contributed by atoms with van der Waals surface area (Å²) in [4.78, 5) is 14.7. The van der Waals surface area contributed by atoms with Crippen LogP contribution in [0.25, 0.3) is 10.9 Å². The first-order valence-electron chi connectivity index (χ1n) is 9.67. The Morgan fingerprint density at radius 1 is 1.10 bits per heavy atom. The van der Waals surface area contributed by atoms with Gasteiger partial charge in [-0.15, -0.1) is 0 Å². The third-order valence-electron chi connectivity index (χ3n) is 5.58. The molecule has 1 unspecified atom stereocenters. The summed E-state index contributed by atoms with van der Waals surface area (Å²) in [6.07, 6.45) is 6.63. The van der Waals surface area contributed by atoms with Gasteiger partial charge < -0.3 is 4.98 Å². The van der Waals surface area contributed by atoms with E-state index in [4.69, 9.17) is 0 Å². The number of nitrogens with zero attached hydrogens (tertiary/aromatic N) is 3. The van der Waals surface area contributed by atoms with Gasteiger partial charge in [0.15, 0.2) is 5.16 Å². The lowest BCUT2D eigenvalue weighted by Gasteiger charge is -2.36. The molecule has 146 valence electrons. The van der Waals surface area contributed by atoms with Gasteiger partial charge >= 0.3 is 0 Å². The van der Waals surface area contributed by atoms with E-state index >= 15 is 0 Å². The molecule has 4 nitrogen and oxygen atoms in total. The van der Waals surface area contributed by atoms with Gasteiger partial charge in [0.2, 0.25) is 0 Å². The fraction of sp³-hybridized carbons (Fsp3) is 0.217. The third-order valence-corrected chi connectivity index (χ3v) is 6.16. The molecule has 0 saturated carbocycles. The summed E-state index contributed by atoms with van der Waals surface area (Å²) >= 11 is 1.53. The molecule has 0 fully saturated rings. The van der Waals surface area contributed by atoms with Crippen molar-refractivity contribution in [2.75, 3.05) is 12.8 Å². The molecule has 0 saturated heterocycles. The van der Waals surface area contributed by atoms with Crippen molar-refractivity contribution in [2.45, 2.75) is 24.2 Å². The van der Waals surface area contributed by atoms with Crippen molar-refractivity contribution in [3.63, 3.8) is 0 Å². The number of para-hydroxylation sites is 1. The number of aromatic nitrogens is 3. The van der Waals surface area contributed by atoms with Gasteiger partial charge in [-0.1, -0.05) is 48.2 Å². The number of H-pyrrole nitrogens is 1. The van der Waals surface area contributed by atoms with Crippen LogP contribution in [0.15, 0.2) is 66.1 Å². The zero-order valence-corrected chi connectivity index (χ0v) is 16.9. The van der Waals surface area contributed by atoms with Gasteiger partial charge in [0, 0.05) is 53.2 Å². The van der Waals surface area contributed by atoms with Crippen molar-refractivity contribution < 1.29 is 4.39 Å². The summed E-state index contributed by atoms with van der Waals surface area (Å²) in [5, 5.41) is 1.99. The van der Waals surface area contributed by atoms with E-state index in [1.807, 2.05) is 36.8 Å². The molecular weight excluding hydrogens is 383 g/mol. The van der Waals surface area contributed by atoms with Gasteiger partial charge in [-0.3, -0.25) is 4.90 Å². The third kappa shape index (κ3) is 3.32. The summed E-state index contributed by atoms with van der Waals surface area (Å²) in [5.74, 6) is -0.178. The Kier molecular flexibility index (Phi) is 4.81. The molecule has 1 atom stereocenters. The van der Waals surface area contributed by atoms with Crippen LogP contribution in [0.4, 0.5) is 4.39 Å². The standard InChI is InChI=1S/C23H21FN4S/c1-29-23-25-12-15(13-26-23)14-28-11-10-17-16-6-3-5-9-20(16)27-21(17)22(28)18-7-2-4-8-19(18)24/h2-9,12-13,22,27H,10-11,14H2,1H3. The van der Waals surface area contributed by atoms with E-state index in [0.717, 1.165) is 34.9 Å². The van der Waals surface area contributed by atoms with Gasteiger partial charge in [-0.05, 0) is 30.4 Å². The summed E-state index contributed by atoms with van der Waals surface area (Å²) in [7, 11) is 0. The number of rotatable bonds is 4. The molecule has 4 aromatic rings. The maximum Gasteiger partial charge on any atom is 0.187 e. The minimum absolute atomic E-state index is 0.174. The Morgan fingerprint density at radius 2 is 1.86 bits per heavy atom. The maximum atomic E-state index is 14.9. The van der Waals surface area contributed by atoms with E-state index in [1.54, 1.807) is 12.1 Å². The second kappa shape index (κ2) is 7.61. The first kappa shape index (κ1) is 18.3. The Morgan fingerprint density at radius 3 is 2.66 bits per heavy atom. The highest BCUT2D eigenvalue weighted by atomic mass is 32.2. The van der Waals surface area contributed by atoms with Crippen LogP contribution >= 0.6 is 11.8 Å². The lowest BCUT2D eigenvalue weighted by atomic mass is 9.91. The van der Waals surface area contributed by atoms with E-state index in [0.29, 0.717) is 12.1 Å². The van der Waals surface area contributed by atoms with Gasteiger partial charge in [-0.25, -0.2) is 14.4 Å². The summed E-state index contributed by atoms with van der Waals surface area (Å²) in [6, 6.07) is 15.2. The van der Waals surface area contributed by atoms with Crippen LogP contribution in [-0.2, 0) is 13.0 Å². The number of halogens is 1. The van der Waals surface area contributed by atoms with Crippen LogP contribution in [0.5, 0.6) is 0 Å². The molecule has 2 aromatic carbocycles. The van der Waals surface area contributed by atoms with Crippen LogP contribution in [0, 0.1) is 5.82 Å². The molecule has 5 rings (SSSR count). The first-order chi connectivity index (χ1) is 14.2. The highest BCUT2D eigenvalue weighted by Gasteiger charge is 2.33. The molecule has 0 bridgehead atoms. The molecule has 0 amide bonds. The molecule has 1 aliphatic rings. The Labute approximate surface area is 173 Å². The van der Waals surface area contributed by atoms with E-state index in [-0.39, 0.29) is 11.9 Å². The van der Waals surface area contributed by atoms with E-state index in [2.05, 4.69) is 38.1 Å². The van der Waals surface area contributed by atoms with Crippen LogP contribution in [0.2, 0.25) is 0 Å². The minimum atomic E-state index is -0.178. The molecule has 0 radical (unpaired) electrons. The van der Waals surface area contributed by atoms with Crippen LogP contribution < -0.4 is 0 Å². The van der Waals surface area contributed by atoms with Crippen molar-refractivity contribution in [3.8, 4) is 0 Å². The molecule has 1 N–H and O–H groups in total. The molecular formula is C23H21FN4S. The predicted molar refractivity (Wildman–Crippen MR) is 114 cm³/mol. The number of benzene rings is 2. The van der Waals surface area contributed by atoms with E-state index in [1.165, 1.54) is 22.7 Å². The number of nitrogens with one attached hydrogen (secondary N) is 1. The average molecular weight is 405 g/mol. The average Bonchev–Trinajstić information content (AvgIpc) is 3.13. The van der Waals surface area contributed by atoms with E-state index < -0.39 is 0 Å². The van der Waals surface area contributed by atoms with Gasteiger partial charge in [0.25, 0.3) is 0 Å². The summed E-state index contributed by atoms with van der Waals surface area (Å²) in [6.45, 7) is 1.51. The fourth-order valence-electron chi connectivity index (χ4n) is 4.27. The van der Waals surface area contributed by atoms with Crippen molar-refractivity contribution in [1.29, 1.82) is 0 Å². The quantitative estimate of drug-likeness (QED) is 0.385. The molecule has 0 spiro atoms. The second-order valence-corrected chi connectivity index (χ2v) is 8.06. The van der Waals surface area contributed by atoms with Crippen molar-refractivity contribution in [2.24, 2.45) is 0 Å². The van der Waals surface area contributed by atoms with Gasteiger partial charge in [0.1, 0.15) is 5.82 Å². The van der Waals surface area contributed by atoms with Crippen LogP contribution in [-0.4, -0.2) is 32.7 Å². The summed E-state index contributed by atoms with van der Waals surface area (Å²) < 4.78 is 14.9. The van der Waals surface area contributed by atoms with Crippen molar-refractivity contribution in [3.05, 3.63) is 89.1 Å². The van der Waals surface area contributed by atoms with Crippen LogP contribution in [0.1, 0.15) is 28.4 Å². The predicted octanol–water partition coefficient (Wildman–Crippen LogP) is 4.97. The second-order valence-electron chi connectivity index (χ2n) is 7.29. The highest BCUT2D eigenvalue weighted by molar-refractivity contribution is 7.98.